The van der Waals surface area contributed by atoms with Gasteiger partial charge < -0.3 is 10.9 Å². The van der Waals surface area contributed by atoms with E-state index in [0.29, 0.717) is 24.5 Å². The Bertz CT molecular complexity index is 381. The van der Waals surface area contributed by atoms with Gasteiger partial charge in [0, 0.05) is 12.8 Å². The lowest BCUT2D eigenvalue weighted by atomic mass is 10.4. The number of alkyl halides is 4. The van der Waals surface area contributed by atoms with Crippen LogP contribution in [0.3, 0.4) is 0 Å². The zero-order chi connectivity index (χ0) is 13.8. The van der Waals surface area contributed by atoms with Gasteiger partial charge in [0.1, 0.15) is 11.6 Å². The largest absolute Gasteiger partial charge is 0.457 e. The molecule has 19 heavy (non-hydrogen) atoms. The molecule has 0 amide bonds. The first-order chi connectivity index (χ1) is 8.39. The third-order valence-electron chi connectivity index (χ3n) is 2.05. The molecule has 0 aliphatic heterocycles. The van der Waals surface area contributed by atoms with E-state index in [1.165, 1.54) is 0 Å². The number of hydrogen-bond acceptors (Lipinski definition) is 5. The molecule has 0 aromatic carbocycles. The van der Waals surface area contributed by atoms with Crippen LogP contribution in [0, 0.1) is 0 Å². The normalized spacial score (nSPS) is 11.3. The van der Waals surface area contributed by atoms with Gasteiger partial charge in [0.2, 0.25) is 0 Å². The van der Waals surface area contributed by atoms with Gasteiger partial charge in [-0.25, -0.2) is 13.8 Å². The molecule has 1 rings (SSSR count). The highest BCUT2D eigenvalue weighted by atomic mass is 19.3. The van der Waals surface area contributed by atoms with Crippen LogP contribution in [0.5, 0.6) is 6.01 Å². The molecule has 0 atom stereocenters. The van der Waals surface area contributed by atoms with Crippen LogP contribution in [0.1, 0.15) is 25.5 Å². The van der Waals surface area contributed by atoms with Crippen LogP contribution in [0.25, 0.3) is 0 Å². The molecule has 1 aromatic rings. The van der Waals surface area contributed by atoms with Crippen molar-refractivity contribution in [3.05, 3.63) is 11.6 Å². The van der Waals surface area contributed by atoms with Crippen LogP contribution < -0.4 is 10.9 Å². The van der Waals surface area contributed by atoms with Crippen LogP contribution in [0.2, 0.25) is 0 Å². The van der Waals surface area contributed by atoms with E-state index in [2.05, 4.69) is 19.7 Å². The van der Waals surface area contributed by atoms with E-state index in [0.717, 1.165) is 0 Å². The average molecular weight is 284 g/mol. The molecule has 0 unspecified atom stereocenters. The second-order valence-corrected chi connectivity index (χ2v) is 3.51. The van der Waals surface area contributed by atoms with Gasteiger partial charge in [-0.05, 0) is 0 Å². The minimum absolute atomic E-state index is 0. The fourth-order valence-electron chi connectivity index (χ4n) is 1.05. The van der Waals surface area contributed by atoms with Crippen molar-refractivity contribution >= 4 is 0 Å². The van der Waals surface area contributed by atoms with Crippen LogP contribution in [-0.4, -0.2) is 33.9 Å². The van der Waals surface area contributed by atoms with Gasteiger partial charge in [-0.1, -0.05) is 13.8 Å². The average Bonchev–Trinajstić information content (AvgIpc) is 2.35. The second-order valence-electron chi connectivity index (χ2n) is 3.51. The molecule has 0 aliphatic rings. The summed E-state index contributed by atoms with van der Waals surface area (Å²) in [6.45, 7) is 2.08. The first-order valence-electron chi connectivity index (χ1n) is 5.41. The maximum atomic E-state index is 12.7. The predicted octanol–water partition coefficient (Wildman–Crippen LogP) is 2.44. The molecule has 0 spiro atoms. The van der Waals surface area contributed by atoms with E-state index in [1.54, 1.807) is 13.8 Å². The van der Waals surface area contributed by atoms with Crippen molar-refractivity contribution < 1.29 is 22.3 Å². The van der Waals surface area contributed by atoms with Crippen molar-refractivity contribution in [2.75, 3.05) is 6.61 Å². The van der Waals surface area contributed by atoms with Crippen molar-refractivity contribution in [3.63, 3.8) is 0 Å². The van der Waals surface area contributed by atoms with Gasteiger partial charge in [-0.15, -0.1) is 0 Å². The number of aromatic nitrogens is 3. The van der Waals surface area contributed by atoms with Gasteiger partial charge in [0.15, 0.2) is 6.61 Å². The quantitative estimate of drug-likeness (QED) is 0.811. The molecular formula is C10H16F4N4O. The Morgan fingerprint density at radius 1 is 1.05 bits per heavy atom. The van der Waals surface area contributed by atoms with E-state index >= 15 is 0 Å². The number of aryl methyl sites for hydroxylation is 2. The van der Waals surface area contributed by atoms with Gasteiger partial charge in [-0.3, -0.25) is 0 Å². The second kappa shape index (κ2) is 7.17. The van der Waals surface area contributed by atoms with E-state index in [4.69, 9.17) is 0 Å². The summed E-state index contributed by atoms with van der Waals surface area (Å²) in [6.07, 6.45) is -2.84. The number of halogens is 4. The minimum Gasteiger partial charge on any atom is -0.457 e. The van der Waals surface area contributed by atoms with Gasteiger partial charge in [0.25, 0.3) is 0 Å². The highest BCUT2D eigenvalue weighted by Gasteiger charge is 2.42. The standard InChI is InChI=1S/C10H13F4N3O.H3N/c1-3-6-15-7(4-2)17-9(16-6)18-5-10(13,14)8(11)12;/h8H,3-5H2,1-2H3;1H3. The first-order valence-corrected chi connectivity index (χ1v) is 5.41. The molecule has 0 saturated heterocycles. The van der Waals surface area contributed by atoms with E-state index in [9.17, 15) is 17.6 Å². The lowest BCUT2D eigenvalue weighted by Crippen LogP contribution is -2.34. The van der Waals surface area contributed by atoms with Gasteiger partial charge in [-0.2, -0.15) is 18.7 Å². The Hall–Kier alpha value is -1.51. The third kappa shape index (κ3) is 4.93. The highest BCUT2D eigenvalue weighted by molar-refractivity contribution is 5.02. The molecule has 110 valence electrons. The molecule has 3 N–H and O–H groups in total. The number of hydrogen-bond donors (Lipinski definition) is 1. The van der Waals surface area contributed by atoms with Crippen LogP contribution in [0.15, 0.2) is 0 Å². The van der Waals surface area contributed by atoms with Crippen molar-refractivity contribution in [1.82, 2.24) is 21.1 Å². The lowest BCUT2D eigenvalue weighted by molar-refractivity contribution is -0.149. The summed E-state index contributed by atoms with van der Waals surface area (Å²) in [5, 5.41) is 0. The van der Waals surface area contributed by atoms with Crippen LogP contribution in [-0.2, 0) is 12.8 Å². The SMILES string of the molecule is CCc1nc(CC)nc(OCC(F)(F)C(F)F)n1.N. The number of nitrogens with zero attached hydrogens (tertiary/aromatic N) is 3. The molecular weight excluding hydrogens is 268 g/mol. The first kappa shape index (κ1) is 17.5. The molecule has 1 aromatic heterocycles. The smallest absolute Gasteiger partial charge is 0.340 e. The molecule has 0 aliphatic carbocycles. The summed E-state index contributed by atoms with van der Waals surface area (Å²) in [4.78, 5) is 11.5. The number of rotatable bonds is 6. The molecule has 9 heteroatoms. The lowest BCUT2D eigenvalue weighted by Gasteiger charge is -2.15. The Morgan fingerprint density at radius 3 is 1.89 bits per heavy atom. The van der Waals surface area contributed by atoms with E-state index in [1.807, 2.05) is 0 Å². The highest BCUT2D eigenvalue weighted by Crippen LogP contribution is 2.23. The Morgan fingerprint density at radius 2 is 1.53 bits per heavy atom. The zero-order valence-corrected chi connectivity index (χ0v) is 10.7. The maximum Gasteiger partial charge on any atom is 0.340 e. The fraction of sp³-hybridized carbons (Fsp3) is 0.700. The Labute approximate surface area is 108 Å². The Balaban J connectivity index is 0.00000324. The monoisotopic (exact) mass is 284 g/mol. The van der Waals surface area contributed by atoms with Crippen molar-refractivity contribution in [2.45, 2.75) is 39.0 Å². The topological polar surface area (TPSA) is 82.9 Å². The Kier molecular flexibility index (Phi) is 6.60. The number of ether oxygens (including phenoxy) is 1. The van der Waals surface area contributed by atoms with Crippen LogP contribution >= 0.6 is 0 Å². The summed E-state index contributed by atoms with van der Waals surface area (Å²) in [6, 6.07) is -0.348. The van der Waals surface area contributed by atoms with Crippen molar-refractivity contribution in [3.8, 4) is 6.01 Å². The van der Waals surface area contributed by atoms with E-state index in [-0.39, 0.29) is 12.2 Å². The van der Waals surface area contributed by atoms with Gasteiger partial charge >= 0.3 is 18.4 Å². The molecule has 5 nitrogen and oxygen atoms in total. The maximum absolute atomic E-state index is 12.7. The molecule has 0 bridgehead atoms. The molecule has 0 saturated carbocycles. The molecule has 1 heterocycles. The summed E-state index contributed by atoms with van der Waals surface area (Å²) in [5.41, 5.74) is 0. The van der Waals surface area contributed by atoms with Gasteiger partial charge in [0.05, 0.1) is 0 Å². The minimum atomic E-state index is -4.22. The summed E-state index contributed by atoms with van der Waals surface area (Å²) >= 11 is 0. The summed E-state index contributed by atoms with van der Waals surface area (Å²) in [5.74, 6) is -3.47. The third-order valence-corrected chi connectivity index (χ3v) is 2.05. The fourth-order valence-corrected chi connectivity index (χ4v) is 1.05. The zero-order valence-electron chi connectivity index (χ0n) is 10.7. The summed E-state index contributed by atoms with van der Waals surface area (Å²) in [7, 11) is 0. The summed E-state index contributed by atoms with van der Waals surface area (Å²) < 4.78 is 53.7. The van der Waals surface area contributed by atoms with Crippen molar-refractivity contribution in [2.24, 2.45) is 0 Å². The van der Waals surface area contributed by atoms with Crippen molar-refractivity contribution in [1.29, 1.82) is 0 Å². The predicted molar refractivity (Wildman–Crippen MR) is 60.1 cm³/mol. The van der Waals surface area contributed by atoms with E-state index < -0.39 is 19.0 Å². The molecule has 0 fully saturated rings. The van der Waals surface area contributed by atoms with Crippen LogP contribution in [0.4, 0.5) is 17.6 Å². The molecule has 0 radical (unpaired) electrons.